The average Bonchev–Trinajstić information content (AvgIpc) is 3.00. The van der Waals surface area contributed by atoms with Crippen molar-refractivity contribution in [3.8, 4) is 0 Å². The summed E-state index contributed by atoms with van der Waals surface area (Å²) in [5.74, 6) is 8.42. The molecule has 4 nitrogen and oxygen atoms in total. The highest BCUT2D eigenvalue weighted by molar-refractivity contribution is 5.84. The van der Waals surface area contributed by atoms with E-state index in [4.69, 9.17) is 11.6 Å². The molecule has 7 atom stereocenters. The number of nitrogens with two attached hydrogens (primary N) is 2. The van der Waals surface area contributed by atoms with E-state index in [1.165, 1.54) is 17.4 Å². The van der Waals surface area contributed by atoms with E-state index < -0.39 is 6.43 Å². The lowest BCUT2D eigenvalue weighted by Gasteiger charge is -2.54. The van der Waals surface area contributed by atoms with E-state index in [0.717, 1.165) is 51.4 Å². The molecule has 0 aromatic rings. The first-order chi connectivity index (χ1) is 13.8. The normalized spacial score (nSPS) is 39.5. The molecule has 3 aliphatic carbocycles. The molecule has 0 saturated heterocycles. The molecule has 0 aliphatic heterocycles. The maximum atomic E-state index is 13.2. The fourth-order valence-electron chi connectivity index (χ4n) is 7.52. The van der Waals surface area contributed by atoms with Crippen molar-refractivity contribution >= 4 is 5.78 Å². The van der Waals surface area contributed by atoms with Crippen LogP contribution in [0, 0.1) is 40.9 Å². The van der Waals surface area contributed by atoms with Gasteiger partial charge in [0, 0.05) is 24.7 Å². The van der Waals surface area contributed by atoms with E-state index in [2.05, 4.69) is 13.8 Å². The van der Waals surface area contributed by atoms with Crippen LogP contribution in [-0.2, 0) is 4.79 Å². The first-order valence-corrected chi connectivity index (χ1v) is 11.5. The Morgan fingerprint density at radius 1 is 1.21 bits per heavy atom. The van der Waals surface area contributed by atoms with Gasteiger partial charge in [-0.15, -0.1) is 0 Å². The van der Waals surface area contributed by atoms with Gasteiger partial charge < -0.3 is 10.7 Å². The number of ketones is 1. The number of carbonyl (C=O) groups is 1. The van der Waals surface area contributed by atoms with Crippen molar-refractivity contribution in [1.29, 1.82) is 0 Å². The van der Waals surface area contributed by atoms with Gasteiger partial charge >= 0.3 is 0 Å². The van der Waals surface area contributed by atoms with Gasteiger partial charge in [0.2, 0.25) is 6.43 Å². The maximum Gasteiger partial charge on any atom is 0.238 e. The van der Waals surface area contributed by atoms with Gasteiger partial charge in [-0.05, 0) is 73.5 Å². The number of hydrazine groups is 1. The molecule has 3 saturated carbocycles. The van der Waals surface area contributed by atoms with Crippen LogP contribution in [0.2, 0.25) is 0 Å². The van der Waals surface area contributed by atoms with E-state index in [-0.39, 0.29) is 36.0 Å². The largest absolute Gasteiger partial charge is 0.403 e. The summed E-state index contributed by atoms with van der Waals surface area (Å²) in [7, 11) is 0. The van der Waals surface area contributed by atoms with Crippen molar-refractivity contribution in [3.05, 3.63) is 12.4 Å². The minimum atomic E-state index is -2.19. The number of fused-ring (bicyclic) bond motifs is 3. The molecule has 166 valence electrons. The zero-order valence-electron chi connectivity index (χ0n) is 18.0. The quantitative estimate of drug-likeness (QED) is 0.448. The van der Waals surface area contributed by atoms with Crippen LogP contribution in [0.25, 0.3) is 0 Å². The molecule has 0 spiro atoms. The Hall–Kier alpha value is -1.17. The lowest BCUT2D eigenvalue weighted by atomic mass is 9.50. The Kier molecular flexibility index (Phi) is 7.23. The van der Waals surface area contributed by atoms with E-state index in [9.17, 15) is 13.6 Å². The number of hydrogen-bond donors (Lipinski definition) is 2. The fourth-order valence-corrected chi connectivity index (χ4v) is 7.52. The van der Waals surface area contributed by atoms with Crippen molar-refractivity contribution in [2.75, 3.05) is 6.54 Å². The van der Waals surface area contributed by atoms with E-state index in [0.29, 0.717) is 23.7 Å². The van der Waals surface area contributed by atoms with Crippen molar-refractivity contribution < 1.29 is 13.6 Å². The summed E-state index contributed by atoms with van der Waals surface area (Å²) in [6.45, 7) is 4.68. The standard InChI is InChI=1S/C23H39F2N3O/c1-3-4-16-15(13-22(24)25)5-6-18-17(16)9-10-23(2)19(18)7-8-20(23)21(29)14-28(27)12-11-26/h11-12,15-20,22H,3-10,13-14,26-27H2,1-2H3/b12-11-. The third-order valence-corrected chi connectivity index (χ3v) is 8.63. The van der Waals surface area contributed by atoms with Gasteiger partial charge in [0.1, 0.15) is 0 Å². The van der Waals surface area contributed by atoms with E-state index in [1.54, 1.807) is 0 Å². The summed E-state index contributed by atoms with van der Waals surface area (Å²) in [5, 5.41) is 1.37. The minimum absolute atomic E-state index is 0.0256. The van der Waals surface area contributed by atoms with Gasteiger partial charge in [-0.3, -0.25) is 4.79 Å². The van der Waals surface area contributed by atoms with Crippen LogP contribution in [0.15, 0.2) is 12.4 Å². The minimum Gasteiger partial charge on any atom is -0.403 e. The van der Waals surface area contributed by atoms with Crippen LogP contribution >= 0.6 is 0 Å². The highest BCUT2D eigenvalue weighted by Crippen LogP contribution is 2.63. The second-order valence-electron chi connectivity index (χ2n) is 10.0. The maximum absolute atomic E-state index is 13.2. The summed E-state index contributed by atoms with van der Waals surface area (Å²) in [5.41, 5.74) is 5.41. The number of carbonyl (C=O) groups excluding carboxylic acids is 1. The predicted octanol–water partition coefficient (Wildman–Crippen LogP) is 4.70. The Morgan fingerprint density at radius 3 is 2.62 bits per heavy atom. The monoisotopic (exact) mass is 411 g/mol. The highest BCUT2D eigenvalue weighted by atomic mass is 19.3. The summed E-state index contributed by atoms with van der Waals surface area (Å²) in [6, 6.07) is 0. The molecule has 3 aliphatic rings. The van der Waals surface area contributed by atoms with Gasteiger partial charge in [0.15, 0.2) is 5.78 Å². The zero-order chi connectivity index (χ0) is 21.2. The third-order valence-electron chi connectivity index (χ3n) is 8.63. The second kappa shape index (κ2) is 9.32. The summed E-state index contributed by atoms with van der Waals surface area (Å²) in [4.78, 5) is 13.0. The molecule has 29 heavy (non-hydrogen) atoms. The predicted molar refractivity (Wildman–Crippen MR) is 112 cm³/mol. The number of halogens is 2. The number of alkyl halides is 2. The molecular formula is C23H39F2N3O. The van der Waals surface area contributed by atoms with Crippen LogP contribution in [0.5, 0.6) is 0 Å². The molecule has 0 bridgehead atoms. The molecule has 0 aromatic heterocycles. The number of hydrogen-bond acceptors (Lipinski definition) is 4. The topological polar surface area (TPSA) is 72.3 Å². The van der Waals surface area contributed by atoms with Gasteiger partial charge in [0.25, 0.3) is 0 Å². The zero-order valence-corrected chi connectivity index (χ0v) is 18.0. The molecule has 4 N–H and O–H groups in total. The third kappa shape index (κ3) is 4.47. The fraction of sp³-hybridized carbons (Fsp3) is 0.870. The van der Waals surface area contributed by atoms with Crippen molar-refractivity contribution in [3.63, 3.8) is 0 Å². The summed E-state index contributed by atoms with van der Waals surface area (Å²) >= 11 is 0. The summed E-state index contributed by atoms with van der Waals surface area (Å²) < 4.78 is 26.3. The SMILES string of the molecule is CCCC1C(CC(F)F)CCC2C1CCC1(C)C(C(=O)CN(N)/C=C\N)CCC21. The van der Waals surface area contributed by atoms with Crippen molar-refractivity contribution in [1.82, 2.24) is 5.01 Å². The van der Waals surface area contributed by atoms with E-state index in [1.807, 2.05) is 0 Å². The Balaban J connectivity index is 1.74. The second-order valence-corrected chi connectivity index (χ2v) is 10.0. The first kappa shape index (κ1) is 22.5. The van der Waals surface area contributed by atoms with Crippen LogP contribution in [-0.4, -0.2) is 23.8 Å². The Labute approximate surface area is 174 Å². The average molecular weight is 412 g/mol. The molecule has 0 radical (unpaired) electrons. The Morgan fingerprint density at radius 2 is 1.97 bits per heavy atom. The van der Waals surface area contributed by atoms with Crippen LogP contribution < -0.4 is 11.6 Å². The lowest BCUT2D eigenvalue weighted by molar-refractivity contribution is -0.131. The van der Waals surface area contributed by atoms with Crippen LogP contribution in [0.3, 0.4) is 0 Å². The summed E-state index contributed by atoms with van der Waals surface area (Å²) in [6.07, 6.45) is 9.02. The first-order valence-electron chi connectivity index (χ1n) is 11.5. The molecule has 6 heteroatoms. The molecule has 3 fully saturated rings. The van der Waals surface area contributed by atoms with Crippen molar-refractivity contribution in [2.24, 2.45) is 52.5 Å². The van der Waals surface area contributed by atoms with Gasteiger partial charge in [-0.1, -0.05) is 26.7 Å². The smallest absolute Gasteiger partial charge is 0.238 e. The lowest BCUT2D eigenvalue weighted by Crippen LogP contribution is -2.49. The molecular weight excluding hydrogens is 372 g/mol. The molecule has 7 unspecified atom stereocenters. The van der Waals surface area contributed by atoms with Crippen LogP contribution in [0.4, 0.5) is 8.78 Å². The molecule has 3 rings (SSSR count). The molecule has 0 amide bonds. The number of nitrogens with zero attached hydrogens (tertiary/aromatic N) is 1. The van der Waals surface area contributed by atoms with Crippen molar-refractivity contribution in [2.45, 2.75) is 78.1 Å². The van der Waals surface area contributed by atoms with Gasteiger partial charge in [-0.2, -0.15) is 0 Å². The van der Waals surface area contributed by atoms with E-state index >= 15 is 0 Å². The van der Waals surface area contributed by atoms with Gasteiger partial charge in [0.05, 0.1) is 6.54 Å². The Bertz CT molecular complexity index is 599. The number of Topliss-reactive ketones (excluding diaryl/α,β-unsaturated/α-hetero) is 1. The number of rotatable bonds is 8. The van der Waals surface area contributed by atoms with Gasteiger partial charge in [-0.25, -0.2) is 14.6 Å². The van der Waals surface area contributed by atoms with Crippen LogP contribution in [0.1, 0.15) is 71.6 Å². The molecule has 0 aromatic carbocycles. The highest BCUT2D eigenvalue weighted by Gasteiger charge is 2.57. The molecule has 0 heterocycles.